The summed E-state index contributed by atoms with van der Waals surface area (Å²) in [6.07, 6.45) is 1.35. The topological polar surface area (TPSA) is 123 Å². The first-order valence-electron chi connectivity index (χ1n) is 6.28. The van der Waals surface area contributed by atoms with Crippen LogP contribution < -0.4 is 4.72 Å². The van der Waals surface area contributed by atoms with E-state index in [2.05, 4.69) is 9.71 Å². The van der Waals surface area contributed by atoms with Crippen molar-refractivity contribution in [2.75, 3.05) is 4.72 Å². The number of benzene rings is 1. The fourth-order valence-electron chi connectivity index (χ4n) is 2.10. The number of sulfonamides is 1. The van der Waals surface area contributed by atoms with Gasteiger partial charge in [-0.05, 0) is 30.3 Å². The summed E-state index contributed by atoms with van der Waals surface area (Å²) in [6.45, 7) is 0. The Kier molecular flexibility index (Phi) is 3.55. The van der Waals surface area contributed by atoms with Crippen LogP contribution >= 0.6 is 11.3 Å². The first kappa shape index (κ1) is 15.1. The molecule has 23 heavy (non-hydrogen) atoms. The van der Waals surface area contributed by atoms with E-state index < -0.39 is 16.0 Å². The molecule has 0 radical (unpaired) electrons. The van der Waals surface area contributed by atoms with Gasteiger partial charge in [-0.1, -0.05) is 0 Å². The average molecular weight is 347 g/mol. The van der Waals surface area contributed by atoms with E-state index in [4.69, 9.17) is 10.4 Å². The second-order valence-corrected chi connectivity index (χ2v) is 7.60. The van der Waals surface area contributed by atoms with Crippen molar-refractivity contribution in [3.8, 4) is 6.07 Å². The van der Waals surface area contributed by atoms with Gasteiger partial charge in [-0.25, -0.2) is 13.2 Å². The number of H-pyrrole nitrogens is 1. The van der Waals surface area contributed by atoms with Crippen LogP contribution in [0, 0.1) is 11.3 Å². The monoisotopic (exact) mass is 347 g/mol. The number of nitriles is 1. The van der Waals surface area contributed by atoms with Gasteiger partial charge in [0.1, 0.15) is 15.2 Å². The molecule has 0 amide bonds. The zero-order valence-corrected chi connectivity index (χ0v) is 13.0. The van der Waals surface area contributed by atoms with Crippen molar-refractivity contribution >= 4 is 43.9 Å². The van der Waals surface area contributed by atoms with Gasteiger partial charge < -0.3 is 10.1 Å². The summed E-state index contributed by atoms with van der Waals surface area (Å²) in [6, 6.07) is 9.21. The molecule has 0 saturated heterocycles. The molecule has 0 unspecified atom stereocenters. The fraction of sp³-hybridized carbons (Fsp3) is 0. The van der Waals surface area contributed by atoms with Gasteiger partial charge in [0.05, 0.1) is 11.3 Å². The van der Waals surface area contributed by atoms with Crippen LogP contribution in [0.5, 0.6) is 0 Å². The summed E-state index contributed by atoms with van der Waals surface area (Å²) >= 11 is 0.874. The minimum atomic E-state index is -3.79. The van der Waals surface area contributed by atoms with Gasteiger partial charge in [0.15, 0.2) is 0 Å². The molecule has 0 saturated carbocycles. The maximum absolute atomic E-state index is 12.3. The van der Waals surface area contributed by atoms with Gasteiger partial charge >= 0.3 is 5.97 Å². The van der Waals surface area contributed by atoms with Crippen molar-refractivity contribution in [2.24, 2.45) is 0 Å². The Balaban J connectivity index is 1.95. The highest BCUT2D eigenvalue weighted by molar-refractivity contribution is 7.94. The summed E-state index contributed by atoms with van der Waals surface area (Å²) in [5.41, 5.74) is 0.918. The number of anilines is 1. The largest absolute Gasteiger partial charge is 0.478 e. The van der Waals surface area contributed by atoms with Crippen LogP contribution in [0.15, 0.2) is 40.7 Å². The summed E-state index contributed by atoms with van der Waals surface area (Å²) in [5.74, 6) is -1.06. The van der Waals surface area contributed by atoms with Gasteiger partial charge in [-0.3, -0.25) is 4.72 Å². The van der Waals surface area contributed by atoms with Gasteiger partial charge in [0.25, 0.3) is 10.0 Å². The third-order valence-corrected chi connectivity index (χ3v) is 5.98. The molecular weight excluding hydrogens is 338 g/mol. The van der Waals surface area contributed by atoms with Crippen LogP contribution in [-0.2, 0) is 10.0 Å². The van der Waals surface area contributed by atoms with E-state index >= 15 is 0 Å². The summed E-state index contributed by atoms with van der Waals surface area (Å²) in [5, 5.41) is 18.3. The molecule has 0 bridgehead atoms. The molecule has 0 atom stereocenters. The Hall–Kier alpha value is -2.83. The molecule has 2 aromatic heterocycles. The fourth-order valence-corrected chi connectivity index (χ4v) is 4.25. The van der Waals surface area contributed by atoms with E-state index in [0.717, 1.165) is 11.3 Å². The molecule has 0 aliphatic rings. The van der Waals surface area contributed by atoms with Crippen molar-refractivity contribution in [1.29, 1.82) is 5.26 Å². The number of carboxylic acids is 1. The zero-order valence-electron chi connectivity index (χ0n) is 11.4. The lowest BCUT2D eigenvalue weighted by Crippen LogP contribution is -2.11. The Bertz CT molecular complexity index is 1060. The van der Waals surface area contributed by atoms with Gasteiger partial charge in [-0.15, -0.1) is 11.3 Å². The van der Waals surface area contributed by atoms with E-state index in [1.54, 1.807) is 0 Å². The molecule has 0 spiro atoms. The Morgan fingerprint density at radius 2 is 2.09 bits per heavy atom. The quantitative estimate of drug-likeness (QED) is 0.669. The number of carboxylic acid groups (broad SMARTS) is 1. The van der Waals surface area contributed by atoms with Crippen molar-refractivity contribution in [2.45, 2.75) is 4.21 Å². The van der Waals surface area contributed by atoms with Crippen molar-refractivity contribution in [3.05, 3.63) is 47.0 Å². The SMILES string of the molecule is N#Cc1ccc(S(=O)(=O)Nc2ccc3c(C(=O)O)c[nH]c3c2)s1. The molecular formula is C14H9N3O4S2. The number of aromatic carboxylic acids is 1. The number of hydrogen-bond acceptors (Lipinski definition) is 5. The highest BCUT2D eigenvalue weighted by Gasteiger charge is 2.18. The Morgan fingerprint density at radius 3 is 2.74 bits per heavy atom. The number of nitrogens with one attached hydrogen (secondary N) is 2. The minimum absolute atomic E-state index is 0.0341. The number of nitrogens with zero attached hydrogens (tertiary/aromatic N) is 1. The molecule has 2 heterocycles. The predicted octanol–water partition coefficient (Wildman–Crippen LogP) is 2.60. The molecule has 0 aliphatic heterocycles. The highest BCUT2D eigenvalue weighted by atomic mass is 32.2. The Labute approximate surface area is 134 Å². The lowest BCUT2D eigenvalue weighted by Gasteiger charge is -2.06. The average Bonchev–Trinajstić information content (AvgIpc) is 3.13. The van der Waals surface area contributed by atoms with E-state index in [0.29, 0.717) is 21.5 Å². The number of carbonyl (C=O) groups is 1. The maximum Gasteiger partial charge on any atom is 0.337 e. The van der Waals surface area contributed by atoms with E-state index in [9.17, 15) is 13.2 Å². The molecule has 9 heteroatoms. The van der Waals surface area contributed by atoms with Gasteiger partial charge in [0, 0.05) is 17.1 Å². The number of rotatable bonds is 4. The second-order valence-electron chi connectivity index (χ2n) is 4.60. The zero-order chi connectivity index (χ0) is 16.6. The van der Waals surface area contributed by atoms with Crippen molar-refractivity contribution < 1.29 is 18.3 Å². The maximum atomic E-state index is 12.3. The summed E-state index contributed by atoms with van der Waals surface area (Å²) in [7, 11) is -3.79. The molecule has 3 aromatic rings. The van der Waals surface area contributed by atoms with E-state index in [1.165, 1.54) is 36.5 Å². The summed E-state index contributed by atoms with van der Waals surface area (Å²) in [4.78, 5) is 14.1. The van der Waals surface area contributed by atoms with E-state index in [1.807, 2.05) is 6.07 Å². The first-order chi connectivity index (χ1) is 10.9. The standard InChI is InChI=1S/C14H9N3O4S2/c15-6-9-2-4-13(22-9)23(20,21)17-8-1-3-10-11(14(18)19)7-16-12(10)5-8/h1-5,7,16-17H,(H,18,19). The van der Waals surface area contributed by atoms with Crippen LogP contribution in [0.3, 0.4) is 0 Å². The van der Waals surface area contributed by atoms with Crippen LogP contribution in [-0.4, -0.2) is 24.5 Å². The second kappa shape index (κ2) is 5.42. The molecule has 3 N–H and O–H groups in total. The number of aromatic amines is 1. The molecule has 0 fully saturated rings. The van der Waals surface area contributed by atoms with Crippen LogP contribution in [0.2, 0.25) is 0 Å². The van der Waals surface area contributed by atoms with Crippen LogP contribution in [0.4, 0.5) is 5.69 Å². The predicted molar refractivity (Wildman–Crippen MR) is 85.1 cm³/mol. The van der Waals surface area contributed by atoms with Crippen LogP contribution in [0.25, 0.3) is 10.9 Å². The lowest BCUT2D eigenvalue weighted by molar-refractivity contribution is 0.0699. The molecule has 0 aliphatic carbocycles. The molecule has 116 valence electrons. The van der Waals surface area contributed by atoms with Crippen LogP contribution in [0.1, 0.15) is 15.2 Å². The lowest BCUT2D eigenvalue weighted by atomic mass is 10.1. The Morgan fingerprint density at radius 1 is 1.30 bits per heavy atom. The van der Waals surface area contributed by atoms with Gasteiger partial charge in [0.2, 0.25) is 0 Å². The number of thiophene rings is 1. The van der Waals surface area contributed by atoms with Gasteiger partial charge in [-0.2, -0.15) is 5.26 Å². The van der Waals surface area contributed by atoms with Crippen molar-refractivity contribution in [1.82, 2.24) is 4.98 Å². The number of fused-ring (bicyclic) bond motifs is 1. The summed E-state index contributed by atoms with van der Waals surface area (Å²) < 4.78 is 27.0. The third kappa shape index (κ3) is 2.77. The first-order valence-corrected chi connectivity index (χ1v) is 8.58. The minimum Gasteiger partial charge on any atom is -0.478 e. The smallest absolute Gasteiger partial charge is 0.337 e. The number of hydrogen-bond donors (Lipinski definition) is 3. The highest BCUT2D eigenvalue weighted by Crippen LogP contribution is 2.26. The van der Waals surface area contributed by atoms with E-state index in [-0.39, 0.29) is 9.77 Å². The third-order valence-electron chi connectivity index (χ3n) is 3.12. The molecule has 3 rings (SSSR count). The molecule has 1 aromatic carbocycles. The number of aromatic nitrogens is 1. The normalized spacial score (nSPS) is 11.3. The molecule has 7 nitrogen and oxygen atoms in total. The van der Waals surface area contributed by atoms with Crippen molar-refractivity contribution in [3.63, 3.8) is 0 Å².